The monoisotopic (exact) mass is 293 g/mol. The van der Waals surface area contributed by atoms with Gasteiger partial charge in [0.05, 0.1) is 18.8 Å². The van der Waals surface area contributed by atoms with Crippen LogP contribution < -0.4 is 5.32 Å². The first-order valence-electron chi connectivity index (χ1n) is 7.78. The van der Waals surface area contributed by atoms with Crippen LogP contribution in [0.5, 0.6) is 0 Å². The molecule has 0 aliphatic carbocycles. The van der Waals surface area contributed by atoms with Gasteiger partial charge in [-0.3, -0.25) is 0 Å². The van der Waals surface area contributed by atoms with Gasteiger partial charge < -0.3 is 15.2 Å². The third-order valence-electron chi connectivity index (χ3n) is 3.91. The highest BCUT2D eigenvalue weighted by molar-refractivity contribution is 5.14. The largest absolute Gasteiger partial charge is 0.388 e. The van der Waals surface area contributed by atoms with Crippen molar-refractivity contribution >= 4 is 0 Å². The van der Waals surface area contributed by atoms with Gasteiger partial charge in [-0.2, -0.15) is 0 Å². The fraction of sp³-hybridized carbons (Fsp3) is 0.667. The minimum absolute atomic E-state index is 0.0435. The second kappa shape index (κ2) is 7.92. The van der Waals surface area contributed by atoms with Gasteiger partial charge >= 0.3 is 0 Å². The van der Waals surface area contributed by atoms with Crippen molar-refractivity contribution < 1.29 is 9.84 Å². The van der Waals surface area contributed by atoms with E-state index in [0.717, 1.165) is 13.1 Å². The summed E-state index contributed by atoms with van der Waals surface area (Å²) in [5, 5.41) is 13.6. The molecular formula is C18H31NO2. The molecule has 1 rings (SSSR count). The van der Waals surface area contributed by atoms with E-state index in [0.29, 0.717) is 13.2 Å². The predicted molar refractivity (Wildman–Crippen MR) is 88.2 cm³/mol. The van der Waals surface area contributed by atoms with Crippen LogP contribution >= 0.6 is 0 Å². The minimum Gasteiger partial charge on any atom is -0.388 e. The summed E-state index contributed by atoms with van der Waals surface area (Å²) in [4.78, 5) is 0. The number of ether oxygens (including phenoxy) is 1. The second-order valence-electron chi connectivity index (χ2n) is 7.26. The Morgan fingerprint density at radius 1 is 1.10 bits per heavy atom. The molecule has 0 saturated heterocycles. The second-order valence-corrected chi connectivity index (χ2v) is 7.26. The van der Waals surface area contributed by atoms with E-state index in [9.17, 15) is 5.11 Å². The molecule has 120 valence electrons. The van der Waals surface area contributed by atoms with Gasteiger partial charge in [-0.15, -0.1) is 0 Å². The zero-order valence-corrected chi connectivity index (χ0v) is 14.1. The van der Waals surface area contributed by atoms with Crippen LogP contribution in [0.25, 0.3) is 0 Å². The lowest BCUT2D eigenvalue weighted by Gasteiger charge is -2.30. The lowest BCUT2D eigenvalue weighted by atomic mass is 9.92. The molecule has 0 bridgehead atoms. The Hall–Kier alpha value is -0.900. The first-order chi connectivity index (χ1) is 9.73. The van der Waals surface area contributed by atoms with E-state index in [-0.39, 0.29) is 11.3 Å². The SMILES string of the molecule is CC(C)C(C)(O)COCC(C)(C)CNCc1ccccc1. The quantitative estimate of drug-likeness (QED) is 0.734. The molecule has 0 radical (unpaired) electrons. The van der Waals surface area contributed by atoms with Crippen molar-refractivity contribution in [3.63, 3.8) is 0 Å². The van der Waals surface area contributed by atoms with Crippen molar-refractivity contribution in [3.8, 4) is 0 Å². The van der Waals surface area contributed by atoms with E-state index >= 15 is 0 Å². The molecule has 0 aliphatic rings. The van der Waals surface area contributed by atoms with Crippen molar-refractivity contribution in [3.05, 3.63) is 35.9 Å². The Morgan fingerprint density at radius 3 is 2.29 bits per heavy atom. The molecule has 0 amide bonds. The van der Waals surface area contributed by atoms with Crippen molar-refractivity contribution in [1.82, 2.24) is 5.32 Å². The van der Waals surface area contributed by atoms with Crippen LogP contribution in [-0.2, 0) is 11.3 Å². The zero-order chi connectivity index (χ0) is 15.9. The molecule has 3 heteroatoms. The molecule has 1 atom stereocenters. The van der Waals surface area contributed by atoms with Crippen LogP contribution in [0.1, 0.15) is 40.2 Å². The number of nitrogens with one attached hydrogen (secondary N) is 1. The molecular weight excluding hydrogens is 262 g/mol. The predicted octanol–water partition coefficient (Wildman–Crippen LogP) is 3.23. The van der Waals surface area contributed by atoms with E-state index in [1.807, 2.05) is 26.8 Å². The van der Waals surface area contributed by atoms with Crippen LogP contribution in [0, 0.1) is 11.3 Å². The van der Waals surface area contributed by atoms with Gasteiger partial charge in [0.25, 0.3) is 0 Å². The molecule has 0 spiro atoms. The van der Waals surface area contributed by atoms with Gasteiger partial charge in [0.2, 0.25) is 0 Å². The summed E-state index contributed by atoms with van der Waals surface area (Å²) in [6.45, 7) is 13.0. The topological polar surface area (TPSA) is 41.5 Å². The Kier molecular flexibility index (Phi) is 6.85. The van der Waals surface area contributed by atoms with Crippen molar-refractivity contribution in [2.75, 3.05) is 19.8 Å². The number of benzene rings is 1. The molecule has 1 unspecified atom stereocenters. The third kappa shape index (κ3) is 7.07. The van der Waals surface area contributed by atoms with Crippen molar-refractivity contribution in [2.24, 2.45) is 11.3 Å². The average Bonchev–Trinajstić information content (AvgIpc) is 2.39. The molecule has 21 heavy (non-hydrogen) atoms. The molecule has 0 aromatic heterocycles. The molecule has 2 N–H and O–H groups in total. The maximum absolute atomic E-state index is 10.2. The Labute approximate surface area is 129 Å². The van der Waals surface area contributed by atoms with E-state index in [2.05, 4.69) is 43.4 Å². The Balaban J connectivity index is 2.27. The summed E-state index contributed by atoms with van der Waals surface area (Å²) in [6, 6.07) is 10.4. The third-order valence-corrected chi connectivity index (χ3v) is 3.91. The maximum atomic E-state index is 10.2. The van der Waals surface area contributed by atoms with Crippen molar-refractivity contribution in [1.29, 1.82) is 0 Å². The molecule has 0 saturated carbocycles. The highest BCUT2D eigenvalue weighted by atomic mass is 16.5. The van der Waals surface area contributed by atoms with Gasteiger partial charge in [0.1, 0.15) is 0 Å². The summed E-state index contributed by atoms with van der Waals surface area (Å²) >= 11 is 0. The smallest absolute Gasteiger partial charge is 0.0874 e. The lowest BCUT2D eigenvalue weighted by Crippen LogP contribution is -2.39. The summed E-state index contributed by atoms with van der Waals surface area (Å²) in [7, 11) is 0. The van der Waals surface area contributed by atoms with Gasteiger partial charge in [-0.1, -0.05) is 58.0 Å². The van der Waals surface area contributed by atoms with Crippen LogP contribution in [0.3, 0.4) is 0 Å². The van der Waals surface area contributed by atoms with Crippen LogP contribution in [-0.4, -0.2) is 30.5 Å². The normalized spacial score (nSPS) is 15.2. The maximum Gasteiger partial charge on any atom is 0.0874 e. The number of hydrogen-bond acceptors (Lipinski definition) is 3. The Bertz CT molecular complexity index is 399. The van der Waals surface area contributed by atoms with E-state index in [1.54, 1.807) is 0 Å². The highest BCUT2D eigenvalue weighted by Gasteiger charge is 2.26. The van der Waals surface area contributed by atoms with E-state index in [1.165, 1.54) is 5.56 Å². The van der Waals surface area contributed by atoms with Gasteiger partial charge in [0.15, 0.2) is 0 Å². The molecule has 0 fully saturated rings. The first kappa shape index (κ1) is 18.1. The van der Waals surface area contributed by atoms with Crippen LogP contribution in [0.15, 0.2) is 30.3 Å². The fourth-order valence-corrected chi connectivity index (χ4v) is 1.89. The molecule has 1 aromatic carbocycles. The standard InChI is InChI=1S/C18H31NO2/c1-15(2)18(5,20)14-21-13-17(3,4)12-19-11-16-9-7-6-8-10-16/h6-10,15,19-20H,11-14H2,1-5H3. The molecule has 0 aliphatic heterocycles. The summed E-state index contributed by atoms with van der Waals surface area (Å²) in [5.74, 6) is 0.191. The van der Waals surface area contributed by atoms with Gasteiger partial charge in [-0.25, -0.2) is 0 Å². The molecule has 0 heterocycles. The molecule has 3 nitrogen and oxygen atoms in total. The van der Waals surface area contributed by atoms with Crippen LogP contribution in [0.2, 0.25) is 0 Å². The molecule has 1 aromatic rings. The summed E-state index contributed by atoms with van der Waals surface area (Å²) in [6.07, 6.45) is 0. The average molecular weight is 293 g/mol. The fourth-order valence-electron chi connectivity index (χ4n) is 1.89. The summed E-state index contributed by atoms with van der Waals surface area (Å²) in [5.41, 5.74) is 0.576. The van der Waals surface area contributed by atoms with E-state index in [4.69, 9.17) is 4.74 Å². The zero-order valence-electron chi connectivity index (χ0n) is 14.1. The number of hydrogen-bond donors (Lipinski definition) is 2. The first-order valence-corrected chi connectivity index (χ1v) is 7.78. The summed E-state index contributed by atoms with van der Waals surface area (Å²) < 4.78 is 5.74. The number of aliphatic hydroxyl groups is 1. The van der Waals surface area contributed by atoms with Gasteiger partial charge in [0, 0.05) is 18.5 Å². The van der Waals surface area contributed by atoms with E-state index < -0.39 is 5.60 Å². The Morgan fingerprint density at radius 2 is 1.71 bits per heavy atom. The van der Waals surface area contributed by atoms with Crippen molar-refractivity contribution in [2.45, 2.75) is 46.8 Å². The minimum atomic E-state index is -0.756. The van der Waals surface area contributed by atoms with Crippen LogP contribution in [0.4, 0.5) is 0 Å². The van der Waals surface area contributed by atoms with Gasteiger partial charge in [-0.05, 0) is 18.4 Å². The number of rotatable bonds is 9. The lowest BCUT2D eigenvalue weighted by molar-refractivity contribution is -0.0772. The highest BCUT2D eigenvalue weighted by Crippen LogP contribution is 2.19.